The summed E-state index contributed by atoms with van der Waals surface area (Å²) in [5, 5.41) is 0. The van der Waals surface area contributed by atoms with Gasteiger partial charge in [0.15, 0.2) is 0 Å². The molecule has 0 saturated carbocycles. The lowest BCUT2D eigenvalue weighted by atomic mass is 10.2. The lowest BCUT2D eigenvalue weighted by Gasteiger charge is -2.06. The quantitative estimate of drug-likeness (QED) is 0.557. The van der Waals surface area contributed by atoms with Crippen molar-refractivity contribution < 1.29 is 4.74 Å². The van der Waals surface area contributed by atoms with E-state index in [4.69, 9.17) is 4.74 Å². The van der Waals surface area contributed by atoms with Crippen LogP contribution in [0.4, 0.5) is 0 Å². The predicted octanol–water partition coefficient (Wildman–Crippen LogP) is -0.593. The molecule has 0 N–H and O–H groups in total. The van der Waals surface area contributed by atoms with Gasteiger partial charge in [-0.2, -0.15) is 0 Å². The highest BCUT2D eigenvalue weighted by Gasteiger charge is 2.26. The zero-order chi connectivity index (χ0) is 10.5. The molecule has 2 rings (SSSR count). The average Bonchev–Trinajstić information content (AvgIpc) is 2.54. The Morgan fingerprint density at radius 2 is 1.93 bits per heavy atom. The minimum Gasteiger partial charge on any atom is -0.483 e. The predicted molar refractivity (Wildman–Crippen MR) is 50.7 cm³/mol. The molecular formula is C9H12N2O3. The molecule has 14 heavy (non-hydrogen) atoms. The fraction of sp³-hybridized carbons (Fsp3) is 0.556. The van der Waals surface area contributed by atoms with Crippen LogP contribution in [0.25, 0.3) is 0 Å². The van der Waals surface area contributed by atoms with Crippen LogP contribution in [-0.2, 0) is 20.5 Å². The molecule has 5 nitrogen and oxygen atoms in total. The Bertz CT molecular complexity index is 498. The molecular weight excluding hydrogens is 184 g/mol. The van der Waals surface area contributed by atoms with Gasteiger partial charge in [-0.1, -0.05) is 0 Å². The molecule has 1 aromatic heterocycles. The summed E-state index contributed by atoms with van der Waals surface area (Å²) in [7, 11) is 3.11. The van der Waals surface area contributed by atoms with Gasteiger partial charge in [0.1, 0.15) is 6.10 Å². The number of nitrogens with zero attached hydrogens (tertiary/aromatic N) is 2. The van der Waals surface area contributed by atoms with Crippen molar-refractivity contribution in [2.75, 3.05) is 0 Å². The molecule has 1 atom stereocenters. The molecule has 0 bridgehead atoms. The Labute approximate surface area is 80.5 Å². The van der Waals surface area contributed by atoms with Crippen LogP contribution in [0.1, 0.15) is 12.6 Å². The first-order valence-electron chi connectivity index (χ1n) is 4.48. The first-order valence-corrected chi connectivity index (χ1v) is 4.48. The highest BCUT2D eigenvalue weighted by atomic mass is 16.5. The van der Waals surface area contributed by atoms with Gasteiger partial charge >= 0.3 is 5.69 Å². The zero-order valence-electron chi connectivity index (χ0n) is 8.40. The number of fused-ring (bicyclic) bond motifs is 1. The summed E-state index contributed by atoms with van der Waals surface area (Å²) in [6.45, 7) is 1.88. The summed E-state index contributed by atoms with van der Waals surface area (Å²) < 4.78 is 7.90. The molecule has 0 amide bonds. The highest BCUT2D eigenvalue weighted by Crippen LogP contribution is 2.22. The Balaban J connectivity index is 2.84. The minimum absolute atomic E-state index is 0.0225. The SMILES string of the molecule is CC1Cc2c(c(=O)n(C)c(=O)n2C)O1. The van der Waals surface area contributed by atoms with Gasteiger partial charge in [0.2, 0.25) is 5.75 Å². The molecule has 0 aromatic carbocycles. The third-order valence-electron chi connectivity index (χ3n) is 2.54. The van der Waals surface area contributed by atoms with Crippen molar-refractivity contribution in [2.24, 2.45) is 14.1 Å². The van der Waals surface area contributed by atoms with Crippen LogP contribution in [-0.4, -0.2) is 15.2 Å². The van der Waals surface area contributed by atoms with Gasteiger partial charge in [0, 0.05) is 20.5 Å². The third kappa shape index (κ3) is 1.01. The maximum atomic E-state index is 11.6. The molecule has 1 aliphatic rings. The number of aromatic nitrogens is 2. The van der Waals surface area contributed by atoms with Crippen molar-refractivity contribution in [1.29, 1.82) is 0 Å². The lowest BCUT2D eigenvalue weighted by molar-refractivity contribution is 0.250. The number of hydrogen-bond acceptors (Lipinski definition) is 3. The first kappa shape index (κ1) is 9.05. The molecule has 0 fully saturated rings. The molecule has 1 aromatic rings. The average molecular weight is 196 g/mol. The van der Waals surface area contributed by atoms with E-state index in [1.54, 1.807) is 7.05 Å². The summed E-state index contributed by atoms with van der Waals surface area (Å²) in [5.74, 6) is 0.321. The van der Waals surface area contributed by atoms with E-state index in [1.165, 1.54) is 11.6 Å². The fourth-order valence-electron chi connectivity index (χ4n) is 1.72. The van der Waals surface area contributed by atoms with E-state index in [9.17, 15) is 9.59 Å². The topological polar surface area (TPSA) is 53.2 Å². The first-order chi connectivity index (χ1) is 6.52. The molecule has 2 heterocycles. The molecule has 1 unspecified atom stereocenters. The van der Waals surface area contributed by atoms with Crippen molar-refractivity contribution in [3.05, 3.63) is 26.5 Å². The second kappa shape index (κ2) is 2.73. The highest BCUT2D eigenvalue weighted by molar-refractivity contribution is 5.30. The van der Waals surface area contributed by atoms with Crippen LogP contribution in [0.3, 0.4) is 0 Å². The van der Waals surface area contributed by atoms with E-state index in [-0.39, 0.29) is 17.4 Å². The lowest BCUT2D eigenvalue weighted by Crippen LogP contribution is -2.37. The van der Waals surface area contributed by atoms with E-state index in [0.29, 0.717) is 17.9 Å². The Hall–Kier alpha value is -1.52. The maximum Gasteiger partial charge on any atom is 0.330 e. The van der Waals surface area contributed by atoms with Crippen molar-refractivity contribution in [3.63, 3.8) is 0 Å². The summed E-state index contributed by atoms with van der Waals surface area (Å²) >= 11 is 0. The second-order valence-electron chi connectivity index (χ2n) is 3.61. The normalized spacial score (nSPS) is 19.2. The van der Waals surface area contributed by atoms with Gasteiger partial charge in [-0.05, 0) is 6.92 Å². The largest absolute Gasteiger partial charge is 0.483 e. The summed E-state index contributed by atoms with van der Waals surface area (Å²) in [6.07, 6.45) is 0.600. The van der Waals surface area contributed by atoms with Crippen molar-refractivity contribution in [2.45, 2.75) is 19.4 Å². The van der Waals surface area contributed by atoms with E-state index in [1.807, 2.05) is 6.92 Å². The third-order valence-corrected chi connectivity index (χ3v) is 2.54. The summed E-state index contributed by atoms with van der Waals surface area (Å²) in [4.78, 5) is 23.1. The van der Waals surface area contributed by atoms with Crippen LogP contribution in [0, 0.1) is 0 Å². The smallest absolute Gasteiger partial charge is 0.330 e. The summed E-state index contributed by atoms with van der Waals surface area (Å²) in [5.41, 5.74) is 0.0597. The second-order valence-corrected chi connectivity index (χ2v) is 3.61. The van der Waals surface area contributed by atoms with Gasteiger partial charge in [0.25, 0.3) is 5.56 Å². The summed E-state index contributed by atoms with van der Waals surface area (Å²) in [6, 6.07) is 0. The van der Waals surface area contributed by atoms with Crippen molar-refractivity contribution in [1.82, 2.24) is 9.13 Å². The van der Waals surface area contributed by atoms with E-state index < -0.39 is 0 Å². The zero-order valence-corrected chi connectivity index (χ0v) is 8.40. The standard InChI is InChI=1S/C9H12N2O3/c1-5-4-6-7(14-5)8(12)11(3)9(13)10(6)2/h5H,4H2,1-3H3. The monoisotopic (exact) mass is 196 g/mol. The van der Waals surface area contributed by atoms with Gasteiger partial charge in [0.05, 0.1) is 5.69 Å². The Morgan fingerprint density at radius 1 is 1.29 bits per heavy atom. The van der Waals surface area contributed by atoms with E-state index in [2.05, 4.69) is 0 Å². The number of ether oxygens (including phenoxy) is 1. The molecule has 0 radical (unpaired) electrons. The van der Waals surface area contributed by atoms with Gasteiger partial charge in [-0.15, -0.1) is 0 Å². The number of rotatable bonds is 0. The van der Waals surface area contributed by atoms with Gasteiger partial charge in [-0.3, -0.25) is 13.9 Å². The molecule has 5 heteroatoms. The maximum absolute atomic E-state index is 11.6. The molecule has 0 spiro atoms. The van der Waals surface area contributed by atoms with E-state index >= 15 is 0 Å². The van der Waals surface area contributed by atoms with Crippen LogP contribution in [0.15, 0.2) is 9.59 Å². The van der Waals surface area contributed by atoms with Crippen molar-refractivity contribution in [3.8, 4) is 5.75 Å². The van der Waals surface area contributed by atoms with Gasteiger partial charge < -0.3 is 4.74 Å². The minimum atomic E-state index is -0.340. The van der Waals surface area contributed by atoms with Crippen LogP contribution in [0.5, 0.6) is 5.75 Å². The fourth-order valence-corrected chi connectivity index (χ4v) is 1.72. The van der Waals surface area contributed by atoms with E-state index in [0.717, 1.165) is 4.57 Å². The van der Waals surface area contributed by atoms with Crippen LogP contribution >= 0.6 is 0 Å². The Kier molecular flexibility index (Phi) is 1.77. The van der Waals surface area contributed by atoms with Gasteiger partial charge in [-0.25, -0.2) is 4.79 Å². The van der Waals surface area contributed by atoms with Crippen LogP contribution in [0.2, 0.25) is 0 Å². The molecule has 76 valence electrons. The Morgan fingerprint density at radius 3 is 2.57 bits per heavy atom. The molecule has 0 aliphatic carbocycles. The molecule has 1 aliphatic heterocycles. The van der Waals surface area contributed by atoms with Crippen LogP contribution < -0.4 is 16.0 Å². The molecule has 0 saturated heterocycles. The number of hydrogen-bond donors (Lipinski definition) is 0. The van der Waals surface area contributed by atoms with Crippen molar-refractivity contribution >= 4 is 0 Å².